The van der Waals surface area contributed by atoms with Gasteiger partial charge in [-0.1, -0.05) is 6.42 Å². The number of furan rings is 1. The fraction of sp³-hybridized carbons (Fsp3) is 0.800. The van der Waals surface area contributed by atoms with Crippen molar-refractivity contribution in [1.82, 2.24) is 9.80 Å². The van der Waals surface area contributed by atoms with Crippen LogP contribution in [0.15, 0.2) is 16.5 Å². The molecule has 3 aliphatic rings. The van der Waals surface area contributed by atoms with E-state index in [1.807, 2.05) is 6.07 Å². The van der Waals surface area contributed by atoms with E-state index < -0.39 is 0 Å². The van der Waals surface area contributed by atoms with Gasteiger partial charge in [-0.3, -0.25) is 4.90 Å². The molecule has 1 aromatic rings. The Morgan fingerprint density at radius 2 is 1.92 bits per heavy atom. The zero-order valence-corrected chi connectivity index (χ0v) is 15.1. The first-order valence-electron chi connectivity index (χ1n) is 9.76. The zero-order valence-electron chi connectivity index (χ0n) is 15.1. The molecule has 24 heavy (non-hydrogen) atoms. The van der Waals surface area contributed by atoms with Crippen molar-refractivity contribution in [1.29, 1.82) is 0 Å². The van der Waals surface area contributed by atoms with Crippen molar-refractivity contribution in [3.8, 4) is 0 Å². The summed E-state index contributed by atoms with van der Waals surface area (Å²) >= 11 is 0. The Hall–Kier alpha value is -0.840. The van der Waals surface area contributed by atoms with Gasteiger partial charge in [-0.05, 0) is 68.7 Å². The molecule has 3 fully saturated rings. The summed E-state index contributed by atoms with van der Waals surface area (Å²) in [5.74, 6) is 3.02. The molecule has 0 amide bonds. The van der Waals surface area contributed by atoms with E-state index in [0.29, 0.717) is 12.0 Å². The molecule has 1 saturated carbocycles. The maximum absolute atomic E-state index is 5.88. The van der Waals surface area contributed by atoms with Gasteiger partial charge in [-0.15, -0.1) is 0 Å². The first-order chi connectivity index (χ1) is 11.7. The highest BCUT2D eigenvalue weighted by Gasteiger charge is 2.41. The van der Waals surface area contributed by atoms with Gasteiger partial charge in [0.2, 0.25) is 0 Å². The van der Waals surface area contributed by atoms with Crippen molar-refractivity contribution in [2.24, 2.45) is 11.3 Å². The molecule has 1 spiro atoms. The summed E-state index contributed by atoms with van der Waals surface area (Å²) in [7, 11) is 1.71. The van der Waals surface area contributed by atoms with Crippen LogP contribution in [0.3, 0.4) is 0 Å². The van der Waals surface area contributed by atoms with Crippen LogP contribution >= 0.6 is 0 Å². The molecule has 2 aliphatic heterocycles. The van der Waals surface area contributed by atoms with Gasteiger partial charge in [0.1, 0.15) is 18.1 Å². The summed E-state index contributed by atoms with van der Waals surface area (Å²) in [6, 6.07) is 4.16. The van der Waals surface area contributed by atoms with Gasteiger partial charge in [0.15, 0.2) is 0 Å². The topological polar surface area (TPSA) is 28.9 Å². The van der Waals surface area contributed by atoms with E-state index in [2.05, 4.69) is 15.9 Å². The molecule has 2 saturated heterocycles. The minimum absolute atomic E-state index is 0.546. The second-order valence-electron chi connectivity index (χ2n) is 8.40. The number of nitrogens with zero attached hydrogens (tertiary/aromatic N) is 2. The average molecular weight is 332 g/mol. The quantitative estimate of drug-likeness (QED) is 0.797. The molecular formula is C20H32N2O2. The standard InChI is InChI=1S/C20H32N2O2/c1-23-14-19-7-6-18(24-19)13-22-11-9-20(16-22)8-3-10-21(15-20)12-17-4-2-5-17/h6-7,17H,2-5,8-16H2,1H3. The summed E-state index contributed by atoms with van der Waals surface area (Å²) in [5.41, 5.74) is 0.546. The number of likely N-dealkylation sites (tertiary alicyclic amines) is 2. The van der Waals surface area contributed by atoms with Crippen LogP contribution < -0.4 is 0 Å². The first-order valence-corrected chi connectivity index (χ1v) is 9.76. The van der Waals surface area contributed by atoms with E-state index >= 15 is 0 Å². The van der Waals surface area contributed by atoms with E-state index in [-0.39, 0.29) is 0 Å². The molecule has 0 aromatic carbocycles. The van der Waals surface area contributed by atoms with Crippen molar-refractivity contribution in [3.05, 3.63) is 23.7 Å². The fourth-order valence-corrected chi connectivity index (χ4v) is 4.95. The fourth-order valence-electron chi connectivity index (χ4n) is 4.95. The highest BCUT2D eigenvalue weighted by molar-refractivity contribution is 5.07. The van der Waals surface area contributed by atoms with Crippen LogP contribution in [0.25, 0.3) is 0 Å². The minimum Gasteiger partial charge on any atom is -0.462 e. The Bertz CT molecular complexity index is 539. The molecule has 0 bridgehead atoms. The van der Waals surface area contributed by atoms with Crippen LogP contribution in [0.2, 0.25) is 0 Å². The van der Waals surface area contributed by atoms with Crippen molar-refractivity contribution in [2.45, 2.75) is 51.7 Å². The summed E-state index contributed by atoms with van der Waals surface area (Å²) in [6.45, 7) is 8.00. The molecule has 3 heterocycles. The van der Waals surface area contributed by atoms with Crippen molar-refractivity contribution < 1.29 is 9.15 Å². The van der Waals surface area contributed by atoms with Crippen LogP contribution in [-0.2, 0) is 17.9 Å². The zero-order chi connectivity index (χ0) is 16.4. The third kappa shape index (κ3) is 3.71. The summed E-state index contributed by atoms with van der Waals surface area (Å²) in [4.78, 5) is 5.38. The van der Waals surface area contributed by atoms with Gasteiger partial charge in [-0.2, -0.15) is 0 Å². The second kappa shape index (κ2) is 7.19. The lowest BCUT2D eigenvalue weighted by Crippen LogP contribution is -2.47. The summed E-state index contributed by atoms with van der Waals surface area (Å²) in [5, 5.41) is 0. The van der Waals surface area contributed by atoms with Crippen LogP contribution in [-0.4, -0.2) is 49.6 Å². The summed E-state index contributed by atoms with van der Waals surface area (Å²) < 4.78 is 11.0. The Morgan fingerprint density at radius 1 is 1.08 bits per heavy atom. The monoisotopic (exact) mass is 332 g/mol. The second-order valence-corrected chi connectivity index (χ2v) is 8.40. The van der Waals surface area contributed by atoms with Gasteiger partial charge < -0.3 is 14.1 Å². The maximum Gasteiger partial charge on any atom is 0.129 e. The lowest BCUT2D eigenvalue weighted by molar-refractivity contribution is 0.0662. The number of rotatable bonds is 6. The van der Waals surface area contributed by atoms with E-state index in [4.69, 9.17) is 9.15 Å². The first kappa shape index (κ1) is 16.6. The number of hydrogen-bond acceptors (Lipinski definition) is 4. The molecule has 1 aliphatic carbocycles. The van der Waals surface area contributed by atoms with E-state index in [9.17, 15) is 0 Å². The van der Waals surface area contributed by atoms with Gasteiger partial charge in [0.05, 0.1) is 6.54 Å². The van der Waals surface area contributed by atoms with Gasteiger partial charge in [0, 0.05) is 26.7 Å². The predicted molar refractivity (Wildman–Crippen MR) is 94.8 cm³/mol. The Labute approximate surface area is 146 Å². The Morgan fingerprint density at radius 3 is 2.71 bits per heavy atom. The van der Waals surface area contributed by atoms with Crippen molar-refractivity contribution >= 4 is 0 Å². The molecule has 0 radical (unpaired) electrons. The molecule has 1 unspecified atom stereocenters. The SMILES string of the molecule is COCc1ccc(CN2CCC3(CCCN(CC4CCC4)C3)C2)o1. The van der Waals surface area contributed by atoms with E-state index in [1.54, 1.807) is 7.11 Å². The smallest absolute Gasteiger partial charge is 0.129 e. The third-order valence-corrected chi connectivity index (χ3v) is 6.38. The van der Waals surface area contributed by atoms with Gasteiger partial charge >= 0.3 is 0 Å². The molecule has 4 nitrogen and oxygen atoms in total. The molecule has 0 N–H and O–H groups in total. The lowest BCUT2D eigenvalue weighted by atomic mass is 9.78. The van der Waals surface area contributed by atoms with Crippen LogP contribution in [0.4, 0.5) is 0 Å². The maximum atomic E-state index is 5.88. The van der Waals surface area contributed by atoms with Crippen molar-refractivity contribution in [2.75, 3.05) is 39.8 Å². The highest BCUT2D eigenvalue weighted by Crippen LogP contribution is 2.40. The molecule has 1 aromatic heterocycles. The van der Waals surface area contributed by atoms with Crippen LogP contribution in [0, 0.1) is 11.3 Å². The lowest BCUT2D eigenvalue weighted by Gasteiger charge is -2.43. The number of piperidine rings is 1. The van der Waals surface area contributed by atoms with Crippen LogP contribution in [0.5, 0.6) is 0 Å². The molecule has 4 rings (SSSR count). The Kier molecular flexibility index (Phi) is 4.98. The summed E-state index contributed by atoms with van der Waals surface area (Å²) in [6.07, 6.45) is 8.57. The number of methoxy groups -OCH3 is 1. The van der Waals surface area contributed by atoms with Gasteiger partial charge in [-0.25, -0.2) is 0 Å². The highest BCUT2D eigenvalue weighted by atomic mass is 16.5. The molecule has 134 valence electrons. The van der Waals surface area contributed by atoms with Gasteiger partial charge in [0.25, 0.3) is 0 Å². The Balaban J connectivity index is 1.30. The number of ether oxygens (including phenoxy) is 1. The molecular weight excluding hydrogens is 300 g/mol. The molecule has 1 atom stereocenters. The minimum atomic E-state index is 0.546. The average Bonchev–Trinajstić information content (AvgIpc) is 3.12. The van der Waals surface area contributed by atoms with Crippen molar-refractivity contribution in [3.63, 3.8) is 0 Å². The predicted octanol–water partition coefficient (Wildman–Crippen LogP) is 3.51. The van der Waals surface area contributed by atoms with E-state index in [1.165, 1.54) is 71.2 Å². The third-order valence-electron chi connectivity index (χ3n) is 6.38. The molecule has 4 heteroatoms. The normalized spacial score (nSPS) is 29.4. The van der Waals surface area contributed by atoms with E-state index in [0.717, 1.165) is 24.0 Å². The van der Waals surface area contributed by atoms with Crippen LogP contribution in [0.1, 0.15) is 50.0 Å². The number of hydrogen-bond donors (Lipinski definition) is 0. The largest absolute Gasteiger partial charge is 0.462 e.